The van der Waals surface area contributed by atoms with Crippen molar-refractivity contribution in [2.24, 2.45) is 0 Å². The number of fused-ring (bicyclic) bond motifs is 1. The van der Waals surface area contributed by atoms with E-state index in [1.807, 2.05) is 13.0 Å². The zero-order valence-corrected chi connectivity index (χ0v) is 15.8. The molecule has 2 aromatic rings. The van der Waals surface area contributed by atoms with Crippen LogP contribution in [-0.4, -0.2) is 37.7 Å². The second-order valence-corrected chi connectivity index (χ2v) is 7.01. The molecule has 1 aromatic carbocycles. The highest BCUT2D eigenvalue weighted by atomic mass is 32.1. The van der Waals surface area contributed by atoms with Crippen LogP contribution in [0.4, 0.5) is 9.80 Å². The van der Waals surface area contributed by atoms with Crippen LogP contribution in [0.5, 0.6) is 11.5 Å². The Bertz CT molecular complexity index is 907. The predicted molar refractivity (Wildman–Crippen MR) is 98.6 cm³/mol. The van der Waals surface area contributed by atoms with E-state index in [0.29, 0.717) is 22.1 Å². The van der Waals surface area contributed by atoms with E-state index in [2.05, 4.69) is 15.4 Å². The quantitative estimate of drug-likeness (QED) is 0.835. The summed E-state index contributed by atoms with van der Waals surface area (Å²) in [6, 6.07) is 7.06. The zero-order valence-electron chi connectivity index (χ0n) is 15.0. The molecule has 0 fully saturated rings. The maximum absolute atomic E-state index is 12.6. The highest BCUT2D eigenvalue weighted by Gasteiger charge is 2.30. The number of nitrogens with one attached hydrogen (secondary N) is 2. The van der Waals surface area contributed by atoms with Crippen LogP contribution in [0, 0.1) is 13.8 Å². The standard InChI is InChI=1S/C18H18N2O6S/c1-9-10(2)27-17(14(9)16(22)20-18(23)24-3)19-15(21)13-8-25-11-6-4-5-7-12(11)26-13/h4-7,13H,8H2,1-3H3,(H,19,21)(H,20,22,23). The number of anilines is 1. The monoisotopic (exact) mass is 390 g/mol. The van der Waals surface area contributed by atoms with Gasteiger partial charge < -0.3 is 19.5 Å². The molecule has 0 spiro atoms. The molecule has 0 bridgehead atoms. The average molecular weight is 390 g/mol. The van der Waals surface area contributed by atoms with Crippen molar-refractivity contribution in [3.8, 4) is 11.5 Å². The number of alkyl carbamates (subject to hydrolysis) is 1. The third-order valence-electron chi connectivity index (χ3n) is 4.05. The number of rotatable bonds is 3. The molecule has 0 saturated carbocycles. The van der Waals surface area contributed by atoms with Crippen LogP contribution in [0.25, 0.3) is 0 Å². The van der Waals surface area contributed by atoms with Crippen LogP contribution in [0.1, 0.15) is 20.8 Å². The molecule has 1 atom stereocenters. The van der Waals surface area contributed by atoms with Gasteiger partial charge in [0.2, 0.25) is 6.10 Å². The molecule has 27 heavy (non-hydrogen) atoms. The van der Waals surface area contributed by atoms with Gasteiger partial charge in [-0.1, -0.05) is 12.1 Å². The van der Waals surface area contributed by atoms with Gasteiger partial charge >= 0.3 is 6.09 Å². The maximum Gasteiger partial charge on any atom is 0.413 e. The first-order valence-electron chi connectivity index (χ1n) is 8.09. The van der Waals surface area contributed by atoms with Gasteiger partial charge in [0, 0.05) is 4.88 Å². The third-order valence-corrected chi connectivity index (χ3v) is 5.17. The van der Waals surface area contributed by atoms with Gasteiger partial charge in [-0.2, -0.15) is 0 Å². The Hall–Kier alpha value is -3.07. The van der Waals surface area contributed by atoms with Gasteiger partial charge in [0.05, 0.1) is 12.7 Å². The Balaban J connectivity index is 1.78. The Morgan fingerprint density at radius 1 is 1.19 bits per heavy atom. The van der Waals surface area contributed by atoms with Crippen molar-refractivity contribution >= 4 is 34.2 Å². The fourth-order valence-electron chi connectivity index (χ4n) is 2.54. The minimum absolute atomic E-state index is 0.0515. The minimum atomic E-state index is -0.874. The van der Waals surface area contributed by atoms with Crippen LogP contribution in [-0.2, 0) is 9.53 Å². The lowest BCUT2D eigenvalue weighted by Crippen LogP contribution is -2.40. The average Bonchev–Trinajstić information content (AvgIpc) is 2.94. The Labute approximate surface area is 159 Å². The molecule has 3 amide bonds. The van der Waals surface area contributed by atoms with E-state index < -0.39 is 24.0 Å². The first-order chi connectivity index (χ1) is 12.9. The molecule has 1 aromatic heterocycles. The van der Waals surface area contributed by atoms with Gasteiger partial charge in [-0.25, -0.2) is 4.79 Å². The molecular weight excluding hydrogens is 372 g/mol. The van der Waals surface area contributed by atoms with E-state index in [9.17, 15) is 14.4 Å². The number of ether oxygens (including phenoxy) is 3. The Kier molecular flexibility index (Phi) is 5.31. The number of imide groups is 1. The summed E-state index contributed by atoms with van der Waals surface area (Å²) in [5, 5.41) is 5.14. The first kappa shape index (κ1) is 18.7. The van der Waals surface area contributed by atoms with Crippen LogP contribution in [0.15, 0.2) is 24.3 Å². The zero-order chi connectivity index (χ0) is 19.6. The minimum Gasteiger partial charge on any atom is -0.485 e. The normalized spacial score (nSPS) is 15.0. The number of thiophene rings is 1. The molecule has 8 nitrogen and oxygen atoms in total. The summed E-state index contributed by atoms with van der Waals surface area (Å²) in [6.07, 6.45) is -1.74. The summed E-state index contributed by atoms with van der Waals surface area (Å²) in [4.78, 5) is 37.2. The van der Waals surface area contributed by atoms with Crippen LogP contribution in [0.3, 0.4) is 0 Å². The van der Waals surface area contributed by atoms with Gasteiger partial charge in [0.1, 0.15) is 11.6 Å². The largest absolute Gasteiger partial charge is 0.485 e. The summed E-state index contributed by atoms with van der Waals surface area (Å²) in [6.45, 7) is 3.61. The smallest absolute Gasteiger partial charge is 0.413 e. The van der Waals surface area contributed by atoms with Crippen molar-refractivity contribution in [2.45, 2.75) is 20.0 Å². The number of carbonyl (C=O) groups is 3. The molecule has 1 aliphatic heterocycles. The van der Waals surface area contributed by atoms with Gasteiger partial charge in [0.15, 0.2) is 11.5 Å². The topological polar surface area (TPSA) is 103 Å². The van der Waals surface area contributed by atoms with Crippen LogP contribution in [0.2, 0.25) is 0 Å². The number of hydrogen-bond donors (Lipinski definition) is 2. The fourth-order valence-corrected chi connectivity index (χ4v) is 3.60. The van der Waals surface area contributed by atoms with Crippen molar-refractivity contribution in [3.63, 3.8) is 0 Å². The van der Waals surface area contributed by atoms with Gasteiger partial charge in [-0.05, 0) is 31.5 Å². The maximum atomic E-state index is 12.6. The fraction of sp³-hybridized carbons (Fsp3) is 0.278. The second kappa shape index (κ2) is 7.67. The van der Waals surface area contributed by atoms with E-state index >= 15 is 0 Å². The first-order valence-corrected chi connectivity index (χ1v) is 8.91. The number of para-hydroxylation sites is 2. The molecule has 2 N–H and O–H groups in total. The van der Waals surface area contributed by atoms with E-state index in [-0.39, 0.29) is 12.2 Å². The van der Waals surface area contributed by atoms with Crippen LogP contribution < -0.4 is 20.1 Å². The van der Waals surface area contributed by atoms with E-state index in [4.69, 9.17) is 9.47 Å². The molecular formula is C18H18N2O6S. The molecule has 9 heteroatoms. The molecule has 1 unspecified atom stereocenters. The second-order valence-electron chi connectivity index (χ2n) is 5.79. The van der Waals surface area contributed by atoms with Crippen molar-refractivity contribution in [2.75, 3.05) is 19.0 Å². The lowest BCUT2D eigenvalue weighted by Gasteiger charge is -2.25. The third kappa shape index (κ3) is 3.87. The Morgan fingerprint density at radius 3 is 2.59 bits per heavy atom. The molecule has 0 saturated heterocycles. The number of carbonyl (C=O) groups excluding carboxylic acids is 3. The molecule has 2 heterocycles. The number of benzene rings is 1. The summed E-state index contributed by atoms with van der Waals surface area (Å²) in [7, 11) is 1.16. The van der Waals surface area contributed by atoms with E-state index in [1.54, 1.807) is 25.1 Å². The summed E-state index contributed by atoms with van der Waals surface area (Å²) in [5.41, 5.74) is 0.885. The van der Waals surface area contributed by atoms with E-state index in [1.165, 1.54) is 11.3 Å². The SMILES string of the molecule is COC(=O)NC(=O)c1c(NC(=O)C2COc3ccccc3O2)sc(C)c1C. The molecule has 1 aliphatic rings. The molecule has 0 radical (unpaired) electrons. The highest BCUT2D eigenvalue weighted by Crippen LogP contribution is 2.34. The van der Waals surface area contributed by atoms with Crippen molar-refractivity contribution in [3.05, 3.63) is 40.3 Å². The van der Waals surface area contributed by atoms with Crippen LogP contribution >= 0.6 is 11.3 Å². The van der Waals surface area contributed by atoms with Crippen molar-refractivity contribution < 1.29 is 28.6 Å². The molecule has 3 rings (SSSR count). The number of amides is 3. The summed E-state index contributed by atoms with van der Waals surface area (Å²) < 4.78 is 15.7. The summed E-state index contributed by atoms with van der Waals surface area (Å²) >= 11 is 1.24. The lowest BCUT2D eigenvalue weighted by atomic mass is 10.1. The van der Waals surface area contributed by atoms with Crippen molar-refractivity contribution in [1.82, 2.24) is 5.32 Å². The highest BCUT2D eigenvalue weighted by molar-refractivity contribution is 7.16. The Morgan fingerprint density at radius 2 is 1.89 bits per heavy atom. The number of aryl methyl sites for hydroxylation is 1. The number of methoxy groups -OCH3 is 1. The number of hydrogen-bond acceptors (Lipinski definition) is 7. The van der Waals surface area contributed by atoms with Gasteiger partial charge in [0.25, 0.3) is 11.8 Å². The van der Waals surface area contributed by atoms with E-state index in [0.717, 1.165) is 12.0 Å². The van der Waals surface area contributed by atoms with Crippen molar-refractivity contribution in [1.29, 1.82) is 0 Å². The molecule has 0 aliphatic carbocycles. The predicted octanol–water partition coefficient (Wildman–Crippen LogP) is 2.64. The van der Waals surface area contributed by atoms with Gasteiger partial charge in [-0.15, -0.1) is 11.3 Å². The molecule has 142 valence electrons. The lowest BCUT2D eigenvalue weighted by molar-refractivity contribution is -0.125. The van der Waals surface area contributed by atoms with Gasteiger partial charge in [-0.3, -0.25) is 14.9 Å². The summed E-state index contributed by atoms with van der Waals surface area (Å²) in [5.74, 6) is -0.0448.